The Morgan fingerprint density at radius 3 is 2.30 bits per heavy atom. The van der Waals surface area contributed by atoms with Crippen molar-refractivity contribution in [1.82, 2.24) is 0 Å². The average Bonchev–Trinajstić information content (AvgIpc) is 2.82. The molecule has 6 nitrogen and oxygen atoms in total. The van der Waals surface area contributed by atoms with Gasteiger partial charge in [0.05, 0.1) is 7.11 Å². The molecule has 4 rings (SSSR count). The Balaban J connectivity index is 1.53. The van der Waals surface area contributed by atoms with Gasteiger partial charge in [-0.3, -0.25) is 9.59 Å². The van der Waals surface area contributed by atoms with Gasteiger partial charge in [-0.05, 0) is 47.9 Å². The Labute approximate surface area is 192 Å². The second kappa shape index (κ2) is 9.87. The zero-order valence-electron chi connectivity index (χ0n) is 18.4. The van der Waals surface area contributed by atoms with Gasteiger partial charge in [-0.1, -0.05) is 42.5 Å². The van der Waals surface area contributed by atoms with Crippen LogP contribution in [0.3, 0.4) is 0 Å². The molecule has 0 aliphatic carbocycles. The minimum absolute atomic E-state index is 0.176. The number of rotatable bonds is 7. The number of nitrogens with one attached hydrogen (secondary N) is 2. The fourth-order valence-electron chi connectivity index (χ4n) is 3.59. The van der Waals surface area contributed by atoms with Crippen LogP contribution in [0.5, 0.6) is 11.5 Å². The monoisotopic (exact) mass is 440 g/mol. The molecular formula is C27H24N2O4. The van der Waals surface area contributed by atoms with Gasteiger partial charge < -0.3 is 20.1 Å². The lowest BCUT2D eigenvalue weighted by Gasteiger charge is -2.14. The van der Waals surface area contributed by atoms with Gasteiger partial charge >= 0.3 is 0 Å². The standard InChI is InChI=1S/C27H24N2O4/c1-18(30)28-22-9-6-10-23(16-22)29-27(31)20-13-14-25(32-2)21(15-20)17-33-26-12-5-8-19-7-3-4-11-24(19)26/h3-16H,17H2,1-2H3,(H,28,30)(H,29,31). The Bertz CT molecular complexity index is 1310. The Kier molecular flexibility index (Phi) is 6.55. The maximum Gasteiger partial charge on any atom is 0.255 e. The summed E-state index contributed by atoms with van der Waals surface area (Å²) >= 11 is 0. The SMILES string of the molecule is COc1ccc(C(=O)Nc2cccc(NC(C)=O)c2)cc1COc1cccc2ccccc12. The molecule has 33 heavy (non-hydrogen) atoms. The fourth-order valence-corrected chi connectivity index (χ4v) is 3.59. The third-order valence-electron chi connectivity index (χ3n) is 5.12. The number of fused-ring (bicyclic) bond motifs is 1. The van der Waals surface area contributed by atoms with Crippen LogP contribution in [-0.2, 0) is 11.4 Å². The van der Waals surface area contributed by atoms with Crippen LogP contribution in [0.4, 0.5) is 11.4 Å². The molecule has 0 heterocycles. The van der Waals surface area contributed by atoms with E-state index in [2.05, 4.69) is 10.6 Å². The molecule has 0 bridgehead atoms. The zero-order valence-corrected chi connectivity index (χ0v) is 18.4. The summed E-state index contributed by atoms with van der Waals surface area (Å²) in [6.07, 6.45) is 0. The van der Waals surface area contributed by atoms with E-state index in [0.717, 1.165) is 22.1 Å². The summed E-state index contributed by atoms with van der Waals surface area (Å²) in [4.78, 5) is 24.1. The van der Waals surface area contributed by atoms with Crippen molar-refractivity contribution in [1.29, 1.82) is 0 Å². The molecule has 0 fully saturated rings. The van der Waals surface area contributed by atoms with Crippen LogP contribution < -0.4 is 20.1 Å². The van der Waals surface area contributed by atoms with Gasteiger partial charge in [0.25, 0.3) is 5.91 Å². The van der Waals surface area contributed by atoms with Gasteiger partial charge in [-0.2, -0.15) is 0 Å². The number of amides is 2. The van der Waals surface area contributed by atoms with Crippen molar-refractivity contribution in [2.75, 3.05) is 17.7 Å². The molecule has 0 atom stereocenters. The highest BCUT2D eigenvalue weighted by Crippen LogP contribution is 2.28. The Morgan fingerprint density at radius 2 is 1.52 bits per heavy atom. The number of methoxy groups -OCH3 is 1. The largest absolute Gasteiger partial charge is 0.496 e. The van der Waals surface area contributed by atoms with Crippen molar-refractivity contribution in [3.63, 3.8) is 0 Å². The van der Waals surface area contributed by atoms with Crippen molar-refractivity contribution in [2.24, 2.45) is 0 Å². The first-order chi connectivity index (χ1) is 16.0. The third kappa shape index (κ3) is 5.30. The zero-order chi connectivity index (χ0) is 23.2. The summed E-state index contributed by atoms with van der Waals surface area (Å²) in [7, 11) is 1.59. The maximum absolute atomic E-state index is 12.9. The summed E-state index contributed by atoms with van der Waals surface area (Å²) in [6.45, 7) is 1.68. The molecule has 2 amide bonds. The van der Waals surface area contributed by atoms with E-state index in [1.165, 1.54) is 6.92 Å². The van der Waals surface area contributed by atoms with Crippen LogP contribution in [0.15, 0.2) is 84.9 Å². The normalized spacial score (nSPS) is 10.5. The lowest BCUT2D eigenvalue weighted by Crippen LogP contribution is -2.13. The molecule has 0 aliphatic rings. The number of hydrogen-bond acceptors (Lipinski definition) is 4. The first kappa shape index (κ1) is 21.9. The highest BCUT2D eigenvalue weighted by atomic mass is 16.5. The van der Waals surface area contributed by atoms with Crippen LogP contribution in [0.2, 0.25) is 0 Å². The highest BCUT2D eigenvalue weighted by Gasteiger charge is 2.12. The number of ether oxygens (including phenoxy) is 2. The van der Waals surface area contributed by atoms with Crippen molar-refractivity contribution < 1.29 is 19.1 Å². The van der Waals surface area contributed by atoms with Crippen LogP contribution in [-0.4, -0.2) is 18.9 Å². The first-order valence-electron chi connectivity index (χ1n) is 10.5. The van der Waals surface area contributed by atoms with Gasteiger partial charge in [0, 0.05) is 34.8 Å². The number of hydrogen-bond donors (Lipinski definition) is 2. The van der Waals surface area contributed by atoms with E-state index in [1.54, 1.807) is 49.6 Å². The van der Waals surface area contributed by atoms with Gasteiger partial charge in [0.1, 0.15) is 18.1 Å². The second-order valence-corrected chi connectivity index (χ2v) is 7.51. The molecule has 2 N–H and O–H groups in total. The number of anilines is 2. The summed E-state index contributed by atoms with van der Waals surface area (Å²) < 4.78 is 11.6. The van der Waals surface area contributed by atoms with Crippen molar-refractivity contribution >= 4 is 34.0 Å². The van der Waals surface area contributed by atoms with E-state index in [4.69, 9.17) is 9.47 Å². The topological polar surface area (TPSA) is 76.7 Å². The lowest BCUT2D eigenvalue weighted by molar-refractivity contribution is -0.114. The second-order valence-electron chi connectivity index (χ2n) is 7.51. The van der Waals surface area contributed by atoms with Crippen molar-refractivity contribution in [2.45, 2.75) is 13.5 Å². The number of carbonyl (C=O) groups excluding carboxylic acids is 2. The summed E-state index contributed by atoms with van der Waals surface area (Å²) in [6, 6.07) is 26.1. The number of carbonyl (C=O) groups is 2. The van der Waals surface area contributed by atoms with Gasteiger partial charge in [-0.15, -0.1) is 0 Å². The molecule has 6 heteroatoms. The molecule has 0 radical (unpaired) electrons. The van der Waals surface area contributed by atoms with E-state index in [-0.39, 0.29) is 18.4 Å². The predicted octanol–water partition coefficient (Wildman–Crippen LogP) is 5.64. The van der Waals surface area contributed by atoms with E-state index < -0.39 is 0 Å². The van der Waals surface area contributed by atoms with Gasteiger partial charge in [0.2, 0.25) is 5.91 Å². The maximum atomic E-state index is 12.9. The molecule has 0 aliphatic heterocycles. The molecule has 0 aromatic heterocycles. The highest BCUT2D eigenvalue weighted by molar-refractivity contribution is 6.05. The van der Waals surface area contributed by atoms with Crippen molar-refractivity contribution in [3.05, 3.63) is 96.1 Å². The fraction of sp³-hybridized carbons (Fsp3) is 0.111. The molecule has 0 unspecified atom stereocenters. The average molecular weight is 440 g/mol. The van der Waals surface area contributed by atoms with Crippen LogP contribution in [0.25, 0.3) is 10.8 Å². The van der Waals surface area contributed by atoms with E-state index in [1.807, 2.05) is 42.5 Å². The molecule has 0 saturated carbocycles. The molecule has 0 saturated heterocycles. The quantitative estimate of drug-likeness (QED) is 0.390. The summed E-state index contributed by atoms with van der Waals surface area (Å²) in [5, 5.41) is 7.68. The summed E-state index contributed by atoms with van der Waals surface area (Å²) in [5.41, 5.74) is 2.41. The van der Waals surface area contributed by atoms with E-state index in [0.29, 0.717) is 22.7 Å². The Morgan fingerprint density at radius 1 is 0.788 bits per heavy atom. The first-order valence-corrected chi connectivity index (χ1v) is 10.5. The third-order valence-corrected chi connectivity index (χ3v) is 5.12. The van der Waals surface area contributed by atoms with Gasteiger partial charge in [0.15, 0.2) is 0 Å². The Hall–Kier alpha value is -4.32. The lowest BCUT2D eigenvalue weighted by atomic mass is 10.1. The van der Waals surface area contributed by atoms with Gasteiger partial charge in [-0.25, -0.2) is 0 Å². The molecule has 166 valence electrons. The molecule has 0 spiro atoms. The smallest absolute Gasteiger partial charge is 0.255 e. The summed E-state index contributed by atoms with van der Waals surface area (Å²) in [5.74, 6) is 0.952. The van der Waals surface area contributed by atoms with Crippen LogP contribution in [0.1, 0.15) is 22.8 Å². The molecule has 4 aromatic rings. The van der Waals surface area contributed by atoms with E-state index in [9.17, 15) is 9.59 Å². The van der Waals surface area contributed by atoms with Crippen LogP contribution >= 0.6 is 0 Å². The predicted molar refractivity (Wildman–Crippen MR) is 130 cm³/mol. The van der Waals surface area contributed by atoms with E-state index >= 15 is 0 Å². The number of benzene rings is 4. The van der Waals surface area contributed by atoms with Crippen molar-refractivity contribution in [3.8, 4) is 11.5 Å². The molecular weight excluding hydrogens is 416 g/mol. The minimum atomic E-state index is -0.274. The minimum Gasteiger partial charge on any atom is -0.496 e. The molecule has 4 aromatic carbocycles. The van der Waals surface area contributed by atoms with Crippen LogP contribution in [0, 0.1) is 0 Å².